The SMILES string of the molecule is CCc1c(C)nn2c(N)c(C#N)c(NCCc3ccn(C4CC[C@@H](C)C4CO)n3)nc12. The van der Waals surface area contributed by atoms with Gasteiger partial charge >= 0.3 is 0 Å². The number of aryl methyl sites for hydroxylation is 2. The summed E-state index contributed by atoms with van der Waals surface area (Å²) in [6, 6.07) is 4.43. The molecule has 0 amide bonds. The third-order valence-corrected chi connectivity index (χ3v) is 6.59. The van der Waals surface area contributed by atoms with Gasteiger partial charge in [-0.3, -0.25) is 4.68 Å². The van der Waals surface area contributed by atoms with Crippen LogP contribution in [0.3, 0.4) is 0 Å². The maximum Gasteiger partial charge on any atom is 0.163 e. The van der Waals surface area contributed by atoms with E-state index in [-0.39, 0.29) is 18.6 Å². The average Bonchev–Trinajstić information content (AvgIpc) is 3.45. The van der Waals surface area contributed by atoms with Gasteiger partial charge in [-0.05, 0) is 38.2 Å². The van der Waals surface area contributed by atoms with Gasteiger partial charge in [0.1, 0.15) is 23.3 Å². The summed E-state index contributed by atoms with van der Waals surface area (Å²) in [5.74, 6) is 1.55. The van der Waals surface area contributed by atoms with E-state index in [0.717, 1.165) is 36.2 Å². The molecule has 4 N–H and O–H groups in total. The van der Waals surface area contributed by atoms with Gasteiger partial charge in [0.25, 0.3) is 0 Å². The summed E-state index contributed by atoms with van der Waals surface area (Å²) >= 11 is 0. The highest BCUT2D eigenvalue weighted by Crippen LogP contribution is 2.39. The van der Waals surface area contributed by atoms with Crippen molar-refractivity contribution in [3.8, 4) is 6.07 Å². The van der Waals surface area contributed by atoms with Crippen LogP contribution in [0.5, 0.6) is 0 Å². The predicted molar refractivity (Wildman–Crippen MR) is 119 cm³/mol. The van der Waals surface area contributed by atoms with Crippen LogP contribution in [0.4, 0.5) is 11.6 Å². The smallest absolute Gasteiger partial charge is 0.163 e. The molecule has 0 radical (unpaired) electrons. The zero-order chi connectivity index (χ0) is 22.1. The third kappa shape index (κ3) is 3.72. The maximum atomic E-state index is 9.73. The average molecular weight is 423 g/mol. The molecule has 1 saturated carbocycles. The number of nitrogens with one attached hydrogen (secondary N) is 1. The summed E-state index contributed by atoms with van der Waals surface area (Å²) in [5, 5.41) is 31.8. The number of anilines is 2. The number of aliphatic hydroxyl groups is 1. The molecule has 31 heavy (non-hydrogen) atoms. The molecule has 3 heterocycles. The largest absolute Gasteiger partial charge is 0.396 e. The third-order valence-electron chi connectivity index (χ3n) is 6.59. The van der Waals surface area contributed by atoms with Crippen LogP contribution in [-0.4, -0.2) is 42.6 Å². The van der Waals surface area contributed by atoms with Crippen LogP contribution < -0.4 is 11.1 Å². The number of hydrogen-bond donors (Lipinski definition) is 3. The summed E-state index contributed by atoms with van der Waals surface area (Å²) in [6.45, 7) is 6.95. The van der Waals surface area contributed by atoms with Crippen LogP contribution in [0, 0.1) is 30.1 Å². The fourth-order valence-electron chi connectivity index (χ4n) is 4.75. The highest BCUT2D eigenvalue weighted by Gasteiger charge is 2.34. The number of aliphatic hydroxyl groups excluding tert-OH is 1. The fourth-order valence-corrected chi connectivity index (χ4v) is 4.75. The number of nitrogens with zero attached hydrogens (tertiary/aromatic N) is 6. The summed E-state index contributed by atoms with van der Waals surface area (Å²) in [7, 11) is 0. The monoisotopic (exact) mass is 422 g/mol. The molecule has 2 unspecified atom stereocenters. The Morgan fingerprint density at radius 3 is 2.87 bits per heavy atom. The number of nitriles is 1. The zero-order valence-corrected chi connectivity index (χ0v) is 18.3. The number of nitrogens with two attached hydrogens (primary N) is 1. The minimum Gasteiger partial charge on any atom is -0.396 e. The van der Waals surface area contributed by atoms with Gasteiger partial charge < -0.3 is 16.2 Å². The second kappa shape index (κ2) is 8.55. The van der Waals surface area contributed by atoms with Gasteiger partial charge in [0.15, 0.2) is 5.65 Å². The van der Waals surface area contributed by atoms with Gasteiger partial charge in [0.05, 0.1) is 17.4 Å². The number of rotatable bonds is 7. The highest BCUT2D eigenvalue weighted by molar-refractivity contribution is 5.69. The fraction of sp³-hybridized carbons (Fsp3) is 0.545. The minimum absolute atomic E-state index is 0.197. The number of aromatic nitrogens is 5. The van der Waals surface area contributed by atoms with E-state index >= 15 is 0 Å². The van der Waals surface area contributed by atoms with Crippen molar-refractivity contribution in [1.29, 1.82) is 5.26 Å². The van der Waals surface area contributed by atoms with Crippen molar-refractivity contribution in [2.75, 3.05) is 24.2 Å². The summed E-state index contributed by atoms with van der Waals surface area (Å²) in [5.41, 5.74) is 10.1. The lowest BCUT2D eigenvalue weighted by atomic mass is 9.96. The molecule has 1 fully saturated rings. The van der Waals surface area contributed by atoms with Crippen LogP contribution in [0.1, 0.15) is 55.2 Å². The molecule has 1 aliphatic carbocycles. The highest BCUT2D eigenvalue weighted by atomic mass is 16.3. The second-order valence-electron chi connectivity index (χ2n) is 8.42. The van der Waals surface area contributed by atoms with Crippen molar-refractivity contribution in [2.45, 2.75) is 52.5 Å². The van der Waals surface area contributed by atoms with Gasteiger partial charge in [-0.1, -0.05) is 13.8 Å². The molecule has 4 rings (SSSR count). The van der Waals surface area contributed by atoms with E-state index in [1.54, 1.807) is 4.52 Å². The van der Waals surface area contributed by atoms with Crippen molar-refractivity contribution in [3.05, 3.63) is 34.8 Å². The Kier molecular flexibility index (Phi) is 5.83. The van der Waals surface area contributed by atoms with Crippen molar-refractivity contribution in [3.63, 3.8) is 0 Å². The van der Waals surface area contributed by atoms with Crippen LogP contribution in [0.2, 0.25) is 0 Å². The van der Waals surface area contributed by atoms with Crippen molar-refractivity contribution in [1.82, 2.24) is 24.4 Å². The van der Waals surface area contributed by atoms with E-state index in [1.807, 2.05) is 23.9 Å². The van der Waals surface area contributed by atoms with E-state index in [9.17, 15) is 10.4 Å². The molecule has 0 bridgehead atoms. The van der Waals surface area contributed by atoms with E-state index in [1.165, 1.54) is 0 Å². The van der Waals surface area contributed by atoms with E-state index < -0.39 is 0 Å². The topological polar surface area (TPSA) is 130 Å². The first-order chi connectivity index (χ1) is 15.0. The first kappa shape index (κ1) is 21.1. The van der Waals surface area contributed by atoms with Gasteiger partial charge in [0, 0.05) is 37.3 Å². The Labute approximate surface area is 181 Å². The van der Waals surface area contributed by atoms with Crippen LogP contribution in [0.15, 0.2) is 12.3 Å². The van der Waals surface area contributed by atoms with Crippen molar-refractivity contribution < 1.29 is 5.11 Å². The van der Waals surface area contributed by atoms with E-state index in [4.69, 9.17) is 10.8 Å². The Hall–Kier alpha value is -3.12. The number of fused-ring (bicyclic) bond motifs is 1. The molecule has 9 heteroatoms. The first-order valence-electron chi connectivity index (χ1n) is 10.9. The molecule has 9 nitrogen and oxygen atoms in total. The molecule has 3 aromatic heterocycles. The quantitative estimate of drug-likeness (QED) is 0.533. The Morgan fingerprint density at radius 1 is 1.35 bits per heavy atom. The van der Waals surface area contributed by atoms with Crippen molar-refractivity contribution >= 4 is 17.3 Å². The molecule has 3 aromatic rings. The van der Waals surface area contributed by atoms with E-state index in [2.05, 4.69) is 35.3 Å². The number of nitrogen functional groups attached to an aromatic ring is 1. The van der Waals surface area contributed by atoms with Crippen molar-refractivity contribution in [2.24, 2.45) is 11.8 Å². The minimum atomic E-state index is 0.197. The summed E-state index contributed by atoms with van der Waals surface area (Å²) < 4.78 is 3.56. The lowest BCUT2D eigenvalue weighted by Crippen LogP contribution is -2.21. The normalized spacial score (nSPS) is 20.9. The summed E-state index contributed by atoms with van der Waals surface area (Å²) in [4.78, 5) is 4.66. The van der Waals surface area contributed by atoms with Gasteiger partial charge in [-0.25, -0.2) is 4.98 Å². The van der Waals surface area contributed by atoms with E-state index in [0.29, 0.717) is 41.7 Å². The van der Waals surface area contributed by atoms with Crippen LogP contribution in [0.25, 0.3) is 5.65 Å². The van der Waals surface area contributed by atoms with Gasteiger partial charge in [-0.15, -0.1) is 0 Å². The number of hydrogen-bond acceptors (Lipinski definition) is 7. The molecule has 3 atom stereocenters. The predicted octanol–water partition coefficient (Wildman–Crippen LogP) is 2.48. The summed E-state index contributed by atoms with van der Waals surface area (Å²) in [6.07, 6.45) is 5.65. The van der Waals surface area contributed by atoms with Gasteiger partial charge in [0.2, 0.25) is 0 Å². The Balaban J connectivity index is 1.49. The molecule has 1 aliphatic rings. The van der Waals surface area contributed by atoms with Crippen LogP contribution >= 0.6 is 0 Å². The first-order valence-corrected chi connectivity index (χ1v) is 10.9. The molecule has 0 saturated heterocycles. The van der Waals surface area contributed by atoms with Gasteiger partial charge in [-0.2, -0.15) is 20.0 Å². The second-order valence-corrected chi connectivity index (χ2v) is 8.42. The standard InChI is InChI=1S/C22H30N8O/c1-4-16-14(3)27-30-20(24)17(11-23)21(26-22(16)30)25-9-7-15-8-10-29(28-15)19-6-5-13(2)18(19)12-31/h8,10,13,18-19,31H,4-7,9,12,24H2,1-3H3,(H,25,26)/t13-,18?,19?/m1/s1. The molecule has 0 spiro atoms. The molecule has 0 aliphatic heterocycles. The Morgan fingerprint density at radius 2 is 2.16 bits per heavy atom. The molecular formula is C22H30N8O. The van der Waals surface area contributed by atoms with Crippen LogP contribution in [-0.2, 0) is 12.8 Å². The zero-order valence-electron chi connectivity index (χ0n) is 18.3. The molecule has 164 valence electrons. The lowest BCUT2D eigenvalue weighted by Gasteiger charge is -2.20. The Bertz CT molecular complexity index is 1120. The molecular weight excluding hydrogens is 392 g/mol. The molecule has 0 aromatic carbocycles. The lowest BCUT2D eigenvalue weighted by molar-refractivity contribution is 0.163. The maximum absolute atomic E-state index is 9.73.